The van der Waals surface area contributed by atoms with Crippen LogP contribution >= 0.6 is 12.4 Å². The van der Waals surface area contributed by atoms with Crippen molar-refractivity contribution >= 4 is 24.3 Å². The molecule has 11 heteroatoms. The predicted molar refractivity (Wildman–Crippen MR) is 83.0 cm³/mol. The predicted octanol–water partition coefficient (Wildman–Crippen LogP) is 0.822. The average Bonchev–Trinajstić information content (AvgIpc) is 2.51. The Morgan fingerprint density at radius 1 is 1.46 bits per heavy atom. The third-order valence-corrected chi connectivity index (χ3v) is 3.25. The number of anilines is 1. The number of amides is 1. The number of hydrogen-bond acceptors (Lipinski definition) is 6. The van der Waals surface area contributed by atoms with Gasteiger partial charge in [0.15, 0.2) is 0 Å². The number of nitrogens with one attached hydrogen (secondary N) is 3. The average molecular weight is 370 g/mol. The summed E-state index contributed by atoms with van der Waals surface area (Å²) in [6.45, 7) is 3.38. The second kappa shape index (κ2) is 9.00. The molecule has 0 saturated carbocycles. The summed E-state index contributed by atoms with van der Waals surface area (Å²) in [6, 6.07) is 0.358. The molecule has 2 atom stereocenters. The number of rotatable bonds is 5. The molecule has 2 rings (SSSR count). The summed E-state index contributed by atoms with van der Waals surface area (Å²) in [5.74, 6) is -0.356. The van der Waals surface area contributed by atoms with E-state index in [1.807, 2.05) is 0 Å². The molecule has 1 aromatic heterocycles. The molecule has 0 aromatic carbocycles. The van der Waals surface area contributed by atoms with Gasteiger partial charge in [-0.3, -0.25) is 4.79 Å². The maximum absolute atomic E-state index is 12.5. The van der Waals surface area contributed by atoms with Gasteiger partial charge in [0.05, 0.1) is 12.7 Å². The first-order chi connectivity index (χ1) is 10.9. The van der Waals surface area contributed by atoms with Crippen LogP contribution in [0.4, 0.5) is 19.1 Å². The third-order valence-electron chi connectivity index (χ3n) is 3.25. The van der Waals surface area contributed by atoms with E-state index in [0.29, 0.717) is 13.2 Å². The lowest BCUT2D eigenvalue weighted by molar-refractivity contribution is -0.141. The van der Waals surface area contributed by atoms with Crippen molar-refractivity contribution in [3.8, 4) is 0 Å². The van der Waals surface area contributed by atoms with Crippen molar-refractivity contribution in [2.75, 3.05) is 31.6 Å². The molecule has 1 aromatic rings. The van der Waals surface area contributed by atoms with Gasteiger partial charge in [0, 0.05) is 25.8 Å². The standard InChI is InChI=1S/C13H18F3N5O2.ClH/c1-8-10(17-6-7-23-8)11(22)18-4-5-20-12-19-3-2-9(21-12)13(14,15)16;/h2-3,8,10,17H,4-7H2,1H3,(H,18,22)(H,19,20,21);1H/t8-,10+;/m1./s1. The van der Waals surface area contributed by atoms with Crippen LogP contribution in [0.5, 0.6) is 0 Å². The minimum absolute atomic E-state index is 0. The molecule has 0 spiro atoms. The van der Waals surface area contributed by atoms with Crippen LogP contribution in [0.2, 0.25) is 0 Å². The maximum atomic E-state index is 12.5. The molecule has 0 radical (unpaired) electrons. The van der Waals surface area contributed by atoms with Gasteiger partial charge < -0.3 is 20.7 Å². The summed E-state index contributed by atoms with van der Waals surface area (Å²) in [5, 5.41) is 8.36. The summed E-state index contributed by atoms with van der Waals surface area (Å²) in [6.07, 6.45) is -3.72. The first kappa shape index (κ1) is 20.4. The van der Waals surface area contributed by atoms with Gasteiger partial charge in [0.25, 0.3) is 0 Å². The van der Waals surface area contributed by atoms with Crippen LogP contribution in [0.1, 0.15) is 12.6 Å². The van der Waals surface area contributed by atoms with E-state index in [4.69, 9.17) is 4.74 Å². The summed E-state index contributed by atoms with van der Waals surface area (Å²) in [7, 11) is 0. The fourth-order valence-electron chi connectivity index (χ4n) is 2.10. The van der Waals surface area contributed by atoms with Crippen LogP contribution in [-0.2, 0) is 15.7 Å². The summed E-state index contributed by atoms with van der Waals surface area (Å²) in [4.78, 5) is 19.0. The lowest BCUT2D eigenvalue weighted by Gasteiger charge is -2.29. The van der Waals surface area contributed by atoms with Gasteiger partial charge in [-0.1, -0.05) is 0 Å². The minimum Gasteiger partial charge on any atom is -0.375 e. The lowest BCUT2D eigenvalue weighted by atomic mass is 10.1. The molecule has 1 amide bonds. The van der Waals surface area contributed by atoms with Crippen LogP contribution in [0.25, 0.3) is 0 Å². The highest BCUT2D eigenvalue weighted by molar-refractivity contribution is 5.85. The highest BCUT2D eigenvalue weighted by Crippen LogP contribution is 2.27. The largest absolute Gasteiger partial charge is 0.433 e. The fourth-order valence-corrected chi connectivity index (χ4v) is 2.10. The SMILES string of the molecule is C[C@H]1OCCN[C@@H]1C(=O)NCCNc1nccc(C(F)(F)F)n1.Cl. The molecule has 3 N–H and O–H groups in total. The first-order valence-electron chi connectivity index (χ1n) is 7.15. The van der Waals surface area contributed by atoms with Crippen molar-refractivity contribution in [1.82, 2.24) is 20.6 Å². The number of hydrogen-bond donors (Lipinski definition) is 3. The number of morpholine rings is 1. The second-order valence-corrected chi connectivity index (χ2v) is 4.99. The Morgan fingerprint density at radius 2 is 2.21 bits per heavy atom. The van der Waals surface area contributed by atoms with Crippen LogP contribution in [0.3, 0.4) is 0 Å². The molecule has 1 aliphatic heterocycles. The topological polar surface area (TPSA) is 88.2 Å². The normalized spacial score (nSPS) is 20.8. The van der Waals surface area contributed by atoms with Crippen LogP contribution in [0.15, 0.2) is 12.3 Å². The molecule has 0 aliphatic carbocycles. The van der Waals surface area contributed by atoms with E-state index >= 15 is 0 Å². The minimum atomic E-state index is -4.52. The lowest BCUT2D eigenvalue weighted by Crippen LogP contribution is -2.55. The summed E-state index contributed by atoms with van der Waals surface area (Å²) in [5.41, 5.74) is -1.02. The van der Waals surface area contributed by atoms with E-state index in [1.165, 1.54) is 0 Å². The number of halogens is 4. The number of ether oxygens (including phenoxy) is 1. The monoisotopic (exact) mass is 369 g/mol. The Labute approximate surface area is 143 Å². The first-order valence-corrected chi connectivity index (χ1v) is 7.15. The number of carbonyl (C=O) groups is 1. The van der Waals surface area contributed by atoms with Gasteiger partial charge in [-0.05, 0) is 13.0 Å². The van der Waals surface area contributed by atoms with Crippen molar-refractivity contribution in [3.05, 3.63) is 18.0 Å². The second-order valence-electron chi connectivity index (χ2n) is 4.99. The summed E-state index contributed by atoms with van der Waals surface area (Å²) >= 11 is 0. The molecule has 0 bridgehead atoms. The Balaban J connectivity index is 0.00000288. The van der Waals surface area contributed by atoms with Gasteiger partial charge in [0.1, 0.15) is 11.7 Å². The molecule has 136 valence electrons. The van der Waals surface area contributed by atoms with Gasteiger partial charge in [-0.25, -0.2) is 9.97 Å². The number of alkyl halides is 3. The number of carbonyl (C=O) groups excluding carboxylic acids is 1. The van der Waals surface area contributed by atoms with E-state index in [1.54, 1.807) is 6.92 Å². The Kier molecular flexibility index (Phi) is 7.64. The smallest absolute Gasteiger partial charge is 0.375 e. The molecule has 7 nitrogen and oxygen atoms in total. The van der Waals surface area contributed by atoms with E-state index in [9.17, 15) is 18.0 Å². The fraction of sp³-hybridized carbons (Fsp3) is 0.615. The third kappa shape index (κ3) is 5.77. The zero-order valence-corrected chi connectivity index (χ0v) is 13.7. The van der Waals surface area contributed by atoms with Crippen molar-refractivity contribution in [1.29, 1.82) is 0 Å². The quantitative estimate of drug-likeness (QED) is 0.666. The van der Waals surface area contributed by atoms with Crippen molar-refractivity contribution in [2.45, 2.75) is 25.2 Å². The highest BCUT2D eigenvalue weighted by atomic mass is 35.5. The molecule has 2 heterocycles. The van der Waals surface area contributed by atoms with Crippen molar-refractivity contribution in [3.63, 3.8) is 0 Å². The zero-order chi connectivity index (χ0) is 16.9. The molecule has 1 saturated heterocycles. The molecule has 1 aliphatic rings. The zero-order valence-electron chi connectivity index (χ0n) is 12.9. The van der Waals surface area contributed by atoms with Gasteiger partial charge in [-0.2, -0.15) is 13.2 Å². The van der Waals surface area contributed by atoms with Gasteiger partial charge in [0.2, 0.25) is 11.9 Å². The van der Waals surface area contributed by atoms with Gasteiger partial charge >= 0.3 is 6.18 Å². The van der Waals surface area contributed by atoms with E-state index in [0.717, 1.165) is 12.3 Å². The maximum Gasteiger partial charge on any atom is 0.433 e. The molecule has 24 heavy (non-hydrogen) atoms. The Hall–Kier alpha value is -1.65. The van der Waals surface area contributed by atoms with E-state index in [-0.39, 0.29) is 43.5 Å². The van der Waals surface area contributed by atoms with Crippen LogP contribution in [-0.4, -0.2) is 54.3 Å². The molecule has 1 fully saturated rings. The molecular formula is C13H19ClF3N5O2. The number of aromatic nitrogens is 2. The van der Waals surface area contributed by atoms with Crippen LogP contribution in [0, 0.1) is 0 Å². The molecular weight excluding hydrogens is 351 g/mol. The van der Waals surface area contributed by atoms with E-state index < -0.39 is 17.9 Å². The number of nitrogens with zero attached hydrogens (tertiary/aromatic N) is 2. The van der Waals surface area contributed by atoms with Crippen molar-refractivity contribution in [2.24, 2.45) is 0 Å². The Morgan fingerprint density at radius 3 is 2.88 bits per heavy atom. The van der Waals surface area contributed by atoms with Gasteiger partial charge in [-0.15, -0.1) is 12.4 Å². The Bertz CT molecular complexity index is 547. The summed E-state index contributed by atoms with van der Waals surface area (Å²) < 4.78 is 42.9. The van der Waals surface area contributed by atoms with E-state index in [2.05, 4.69) is 25.9 Å². The molecule has 0 unspecified atom stereocenters. The van der Waals surface area contributed by atoms with Crippen molar-refractivity contribution < 1.29 is 22.7 Å². The van der Waals surface area contributed by atoms with Crippen LogP contribution < -0.4 is 16.0 Å². The highest BCUT2D eigenvalue weighted by Gasteiger charge is 2.32.